The Bertz CT molecular complexity index is 762. The molecule has 150 valence electrons. The van der Waals surface area contributed by atoms with Crippen LogP contribution in [-0.2, 0) is 4.79 Å². The van der Waals surface area contributed by atoms with Gasteiger partial charge in [0.15, 0.2) is 0 Å². The third-order valence-electron chi connectivity index (χ3n) is 6.23. The molecule has 28 heavy (non-hydrogen) atoms. The van der Waals surface area contributed by atoms with Gasteiger partial charge in [0.05, 0.1) is 6.04 Å². The Morgan fingerprint density at radius 2 is 1.82 bits per heavy atom. The minimum absolute atomic E-state index is 0.0561. The van der Waals surface area contributed by atoms with Crippen molar-refractivity contribution in [3.63, 3.8) is 0 Å². The number of nitrogens with zero attached hydrogens (tertiary/aromatic N) is 4. The average Bonchev–Trinajstić information content (AvgIpc) is 3.25. The van der Waals surface area contributed by atoms with Crippen LogP contribution in [0.15, 0.2) is 34.9 Å². The van der Waals surface area contributed by atoms with Crippen LogP contribution in [0.5, 0.6) is 0 Å². The minimum atomic E-state index is 0.0561. The number of carbonyl (C=O) groups excluding carboxylic acids is 1. The molecule has 1 amide bonds. The van der Waals surface area contributed by atoms with Gasteiger partial charge in [0.2, 0.25) is 17.6 Å². The van der Waals surface area contributed by atoms with Crippen LogP contribution in [0.4, 0.5) is 0 Å². The zero-order valence-electron chi connectivity index (χ0n) is 16.7. The molecule has 0 bridgehead atoms. The first-order chi connectivity index (χ1) is 13.7. The number of carbonyl (C=O) groups is 1. The Balaban J connectivity index is 1.30. The normalized spacial score (nSPS) is 20.2. The molecular weight excluding hydrogens is 352 g/mol. The lowest BCUT2D eigenvalue weighted by molar-refractivity contribution is -0.134. The maximum Gasteiger partial charge on any atom is 0.244 e. The van der Waals surface area contributed by atoms with Crippen molar-refractivity contribution >= 4 is 5.91 Å². The first kappa shape index (κ1) is 19.1. The summed E-state index contributed by atoms with van der Waals surface area (Å²) < 4.78 is 5.53. The highest BCUT2D eigenvalue weighted by molar-refractivity contribution is 5.76. The Morgan fingerprint density at radius 3 is 2.54 bits per heavy atom. The van der Waals surface area contributed by atoms with Crippen molar-refractivity contribution in [2.24, 2.45) is 5.92 Å². The summed E-state index contributed by atoms with van der Waals surface area (Å²) in [5.41, 5.74) is 0.961. The second-order valence-electron chi connectivity index (χ2n) is 8.12. The summed E-state index contributed by atoms with van der Waals surface area (Å²) in [7, 11) is 0. The molecule has 2 aliphatic rings. The summed E-state index contributed by atoms with van der Waals surface area (Å²) in [5, 5.41) is 4.13. The standard InChI is InChI=1S/C22H30N4O2/c1-17(22-23-21(24-28-22)19-10-6-3-7-11-19)25-12-14-26(15-13-25)20(27)16-18-8-4-2-5-9-18/h3,6-7,10-11,17-18H,2,4-5,8-9,12-16H2,1H3. The molecule has 2 aromatic rings. The van der Waals surface area contributed by atoms with Crippen LogP contribution >= 0.6 is 0 Å². The lowest BCUT2D eigenvalue weighted by Gasteiger charge is -2.37. The Hall–Kier alpha value is -2.21. The average molecular weight is 383 g/mol. The molecule has 1 atom stereocenters. The molecule has 1 saturated heterocycles. The molecule has 1 unspecified atom stereocenters. The van der Waals surface area contributed by atoms with Gasteiger partial charge in [0.25, 0.3) is 0 Å². The smallest absolute Gasteiger partial charge is 0.244 e. The molecular formula is C22H30N4O2. The van der Waals surface area contributed by atoms with E-state index in [9.17, 15) is 4.79 Å². The second-order valence-corrected chi connectivity index (χ2v) is 8.12. The molecule has 0 N–H and O–H groups in total. The van der Waals surface area contributed by atoms with Crippen molar-refractivity contribution in [1.82, 2.24) is 19.9 Å². The van der Waals surface area contributed by atoms with E-state index in [1.165, 1.54) is 32.1 Å². The fraction of sp³-hybridized carbons (Fsp3) is 0.591. The predicted molar refractivity (Wildman–Crippen MR) is 107 cm³/mol. The quantitative estimate of drug-likeness (QED) is 0.784. The van der Waals surface area contributed by atoms with E-state index in [2.05, 4.69) is 22.0 Å². The highest BCUT2D eigenvalue weighted by atomic mass is 16.5. The molecule has 6 heteroatoms. The third-order valence-corrected chi connectivity index (χ3v) is 6.23. The van der Waals surface area contributed by atoms with Crippen molar-refractivity contribution in [3.05, 3.63) is 36.2 Å². The number of amides is 1. The van der Waals surface area contributed by atoms with Gasteiger partial charge in [-0.25, -0.2) is 0 Å². The van der Waals surface area contributed by atoms with Crippen molar-refractivity contribution in [2.45, 2.75) is 51.5 Å². The van der Waals surface area contributed by atoms with Gasteiger partial charge in [-0.05, 0) is 25.7 Å². The highest BCUT2D eigenvalue weighted by Crippen LogP contribution is 2.28. The van der Waals surface area contributed by atoms with Crippen LogP contribution in [0, 0.1) is 5.92 Å². The van der Waals surface area contributed by atoms with E-state index in [0.29, 0.717) is 23.5 Å². The summed E-state index contributed by atoms with van der Waals surface area (Å²) in [5.74, 6) is 2.21. The molecule has 1 aliphatic carbocycles. The summed E-state index contributed by atoms with van der Waals surface area (Å²) in [4.78, 5) is 21.6. The van der Waals surface area contributed by atoms with Crippen LogP contribution in [0.25, 0.3) is 11.4 Å². The van der Waals surface area contributed by atoms with Crippen LogP contribution in [0.1, 0.15) is 57.4 Å². The number of rotatable bonds is 5. The maximum absolute atomic E-state index is 12.6. The molecule has 2 fully saturated rings. The first-order valence-electron chi connectivity index (χ1n) is 10.6. The Labute approximate surface area is 166 Å². The summed E-state index contributed by atoms with van der Waals surface area (Å²) in [6.07, 6.45) is 7.10. The van der Waals surface area contributed by atoms with Crippen molar-refractivity contribution in [3.8, 4) is 11.4 Å². The van der Waals surface area contributed by atoms with Crippen molar-refractivity contribution in [2.75, 3.05) is 26.2 Å². The molecule has 1 aliphatic heterocycles. The SMILES string of the molecule is CC(c1nc(-c2ccccc2)no1)N1CCN(C(=O)CC2CCCCC2)CC1. The zero-order chi connectivity index (χ0) is 19.3. The Kier molecular flexibility index (Phi) is 6.05. The van der Waals surface area contributed by atoms with Gasteiger partial charge in [0.1, 0.15) is 0 Å². The number of benzene rings is 1. The van der Waals surface area contributed by atoms with E-state index < -0.39 is 0 Å². The first-order valence-corrected chi connectivity index (χ1v) is 10.6. The van der Waals surface area contributed by atoms with Crippen LogP contribution in [0.3, 0.4) is 0 Å². The Morgan fingerprint density at radius 1 is 1.11 bits per heavy atom. The van der Waals surface area contributed by atoms with Gasteiger partial charge >= 0.3 is 0 Å². The summed E-state index contributed by atoms with van der Waals surface area (Å²) >= 11 is 0. The van der Waals surface area contributed by atoms with Crippen LogP contribution < -0.4 is 0 Å². The van der Waals surface area contributed by atoms with E-state index in [0.717, 1.165) is 38.2 Å². The lowest BCUT2D eigenvalue weighted by atomic mass is 9.86. The van der Waals surface area contributed by atoms with E-state index in [4.69, 9.17) is 4.52 Å². The van der Waals surface area contributed by atoms with Gasteiger partial charge in [0, 0.05) is 38.2 Å². The van der Waals surface area contributed by atoms with Crippen molar-refractivity contribution in [1.29, 1.82) is 0 Å². The number of hydrogen-bond donors (Lipinski definition) is 0. The number of hydrogen-bond acceptors (Lipinski definition) is 5. The van der Waals surface area contributed by atoms with Gasteiger partial charge in [-0.2, -0.15) is 4.98 Å². The van der Waals surface area contributed by atoms with Gasteiger partial charge in [-0.15, -0.1) is 0 Å². The predicted octanol–water partition coefficient (Wildman–Crippen LogP) is 3.91. The van der Waals surface area contributed by atoms with E-state index in [-0.39, 0.29) is 6.04 Å². The van der Waals surface area contributed by atoms with E-state index in [1.54, 1.807) is 0 Å². The number of aromatic nitrogens is 2. The summed E-state index contributed by atoms with van der Waals surface area (Å²) in [6.45, 7) is 5.37. The van der Waals surface area contributed by atoms with Gasteiger partial charge in [-0.1, -0.05) is 54.8 Å². The summed E-state index contributed by atoms with van der Waals surface area (Å²) in [6, 6.07) is 9.94. The molecule has 1 aromatic heterocycles. The lowest BCUT2D eigenvalue weighted by Crippen LogP contribution is -2.49. The fourth-order valence-electron chi connectivity index (χ4n) is 4.39. The van der Waals surface area contributed by atoms with Gasteiger partial charge in [-0.3, -0.25) is 9.69 Å². The fourth-order valence-corrected chi connectivity index (χ4v) is 4.39. The van der Waals surface area contributed by atoms with Crippen LogP contribution in [0.2, 0.25) is 0 Å². The van der Waals surface area contributed by atoms with E-state index in [1.807, 2.05) is 35.2 Å². The molecule has 2 heterocycles. The molecule has 1 aromatic carbocycles. The largest absolute Gasteiger partial charge is 0.340 e. The van der Waals surface area contributed by atoms with Gasteiger partial charge < -0.3 is 9.42 Å². The zero-order valence-corrected chi connectivity index (χ0v) is 16.7. The molecule has 0 radical (unpaired) electrons. The van der Waals surface area contributed by atoms with E-state index >= 15 is 0 Å². The monoisotopic (exact) mass is 382 g/mol. The molecule has 4 rings (SSSR count). The highest BCUT2D eigenvalue weighted by Gasteiger charge is 2.29. The topological polar surface area (TPSA) is 62.5 Å². The maximum atomic E-state index is 12.6. The minimum Gasteiger partial charge on any atom is -0.340 e. The molecule has 6 nitrogen and oxygen atoms in total. The molecule has 1 saturated carbocycles. The molecule has 0 spiro atoms. The van der Waals surface area contributed by atoms with Crippen LogP contribution in [-0.4, -0.2) is 52.0 Å². The number of piperazine rings is 1. The second kappa shape index (κ2) is 8.86. The van der Waals surface area contributed by atoms with Crippen molar-refractivity contribution < 1.29 is 9.32 Å². The third kappa shape index (κ3) is 4.43.